The molecule has 4 heteroatoms. The van der Waals surface area contributed by atoms with Crippen LogP contribution in [-0.2, 0) is 0 Å². The van der Waals surface area contributed by atoms with Crippen molar-refractivity contribution >= 4 is 12.6 Å². The van der Waals surface area contributed by atoms with Crippen molar-refractivity contribution in [3.63, 3.8) is 0 Å². The maximum atomic E-state index is 11.0. The highest BCUT2D eigenvalue weighted by Crippen LogP contribution is 2.38. The van der Waals surface area contributed by atoms with E-state index in [1.807, 2.05) is 48.5 Å². The van der Waals surface area contributed by atoms with Gasteiger partial charge in [0.15, 0.2) is 0 Å². The quantitative estimate of drug-likeness (QED) is 0.327. The fraction of sp³-hybridized carbons (Fsp3) is 0.0714. The zero-order valence-corrected chi connectivity index (χ0v) is 17.9. The summed E-state index contributed by atoms with van der Waals surface area (Å²) < 4.78 is 11.2. The number of aldehydes is 2. The number of carbonyl (C=O) groups excluding carboxylic acids is 2. The van der Waals surface area contributed by atoms with E-state index in [2.05, 4.69) is 12.1 Å². The van der Waals surface area contributed by atoms with Gasteiger partial charge in [0.05, 0.1) is 14.2 Å². The first-order valence-electron chi connectivity index (χ1n) is 10.1. The SMILES string of the molecule is COc1ccc(-c2ccc(OC)c(-c3ccc(C=O)cc3)c2)cc1-c1ccc(C=O)cc1. The van der Waals surface area contributed by atoms with Gasteiger partial charge < -0.3 is 9.47 Å². The minimum absolute atomic E-state index is 0.629. The summed E-state index contributed by atoms with van der Waals surface area (Å²) in [5.41, 5.74) is 7.11. The molecule has 0 saturated carbocycles. The first-order valence-corrected chi connectivity index (χ1v) is 10.1. The van der Waals surface area contributed by atoms with Crippen LogP contribution in [0.5, 0.6) is 11.5 Å². The Kier molecular flexibility index (Phi) is 6.13. The molecule has 0 unspecified atom stereocenters. The molecule has 0 radical (unpaired) electrons. The van der Waals surface area contributed by atoms with E-state index < -0.39 is 0 Å². The van der Waals surface area contributed by atoms with Gasteiger partial charge in [-0.15, -0.1) is 0 Å². The Morgan fingerprint density at radius 1 is 0.500 bits per heavy atom. The fourth-order valence-electron chi connectivity index (χ4n) is 3.71. The van der Waals surface area contributed by atoms with Gasteiger partial charge >= 0.3 is 0 Å². The number of carbonyl (C=O) groups is 2. The molecule has 4 aromatic rings. The van der Waals surface area contributed by atoms with Crippen molar-refractivity contribution in [2.24, 2.45) is 0 Å². The monoisotopic (exact) mass is 422 g/mol. The second kappa shape index (κ2) is 9.31. The molecule has 0 aromatic heterocycles. The minimum atomic E-state index is 0.629. The zero-order valence-electron chi connectivity index (χ0n) is 17.9. The molecule has 0 bridgehead atoms. The lowest BCUT2D eigenvalue weighted by molar-refractivity contribution is 0.111. The number of methoxy groups -OCH3 is 2. The predicted octanol–water partition coefficient (Wildman–Crippen LogP) is 6.33. The lowest BCUT2D eigenvalue weighted by atomic mass is 9.94. The molecule has 0 atom stereocenters. The van der Waals surface area contributed by atoms with E-state index in [9.17, 15) is 9.59 Å². The van der Waals surface area contributed by atoms with Crippen molar-refractivity contribution in [1.29, 1.82) is 0 Å². The molecule has 158 valence electrons. The van der Waals surface area contributed by atoms with Crippen LogP contribution in [0.1, 0.15) is 20.7 Å². The predicted molar refractivity (Wildman–Crippen MR) is 127 cm³/mol. The van der Waals surface area contributed by atoms with E-state index in [0.717, 1.165) is 57.5 Å². The first kappa shape index (κ1) is 21.1. The second-order valence-corrected chi connectivity index (χ2v) is 7.31. The second-order valence-electron chi connectivity index (χ2n) is 7.31. The topological polar surface area (TPSA) is 52.6 Å². The van der Waals surface area contributed by atoms with Crippen molar-refractivity contribution in [3.8, 4) is 44.9 Å². The Bertz CT molecular complexity index is 1150. The molecule has 4 aromatic carbocycles. The Morgan fingerprint density at radius 3 is 1.16 bits per heavy atom. The van der Waals surface area contributed by atoms with E-state index in [1.54, 1.807) is 38.5 Å². The van der Waals surface area contributed by atoms with Crippen LogP contribution in [-0.4, -0.2) is 26.8 Å². The van der Waals surface area contributed by atoms with Crippen LogP contribution in [0, 0.1) is 0 Å². The van der Waals surface area contributed by atoms with Crippen molar-refractivity contribution in [2.75, 3.05) is 14.2 Å². The number of rotatable bonds is 7. The van der Waals surface area contributed by atoms with Crippen LogP contribution in [0.25, 0.3) is 33.4 Å². The highest BCUT2D eigenvalue weighted by molar-refractivity contribution is 5.84. The number of hydrogen-bond donors (Lipinski definition) is 0. The minimum Gasteiger partial charge on any atom is -0.496 e. The third-order valence-corrected chi connectivity index (χ3v) is 5.45. The van der Waals surface area contributed by atoms with Gasteiger partial charge in [-0.25, -0.2) is 0 Å². The van der Waals surface area contributed by atoms with Crippen LogP contribution >= 0.6 is 0 Å². The zero-order chi connectivity index (χ0) is 22.5. The van der Waals surface area contributed by atoms with Gasteiger partial charge in [-0.3, -0.25) is 9.59 Å². The van der Waals surface area contributed by atoms with Gasteiger partial charge in [0.25, 0.3) is 0 Å². The van der Waals surface area contributed by atoms with Gasteiger partial charge in [-0.1, -0.05) is 60.7 Å². The molecule has 0 aliphatic rings. The molecular weight excluding hydrogens is 400 g/mol. The third kappa shape index (κ3) is 4.16. The Balaban J connectivity index is 1.80. The summed E-state index contributed by atoms with van der Waals surface area (Å²) in [6.07, 6.45) is 1.66. The lowest BCUT2D eigenvalue weighted by Gasteiger charge is -2.14. The van der Waals surface area contributed by atoms with Crippen LogP contribution in [0.3, 0.4) is 0 Å². The summed E-state index contributed by atoms with van der Waals surface area (Å²) in [6, 6.07) is 26.9. The summed E-state index contributed by atoms with van der Waals surface area (Å²) in [7, 11) is 3.29. The van der Waals surface area contributed by atoms with Crippen molar-refractivity contribution < 1.29 is 19.1 Å². The van der Waals surface area contributed by atoms with Crippen LogP contribution in [0.15, 0.2) is 84.9 Å². The third-order valence-electron chi connectivity index (χ3n) is 5.45. The number of benzene rings is 4. The number of ether oxygens (including phenoxy) is 2. The molecule has 4 rings (SSSR count). The van der Waals surface area contributed by atoms with Gasteiger partial charge in [-0.05, 0) is 46.5 Å². The summed E-state index contributed by atoms with van der Waals surface area (Å²) in [6.45, 7) is 0. The maximum Gasteiger partial charge on any atom is 0.150 e. The van der Waals surface area contributed by atoms with E-state index in [4.69, 9.17) is 9.47 Å². The molecule has 0 N–H and O–H groups in total. The molecular formula is C28H22O4. The summed E-state index contributed by atoms with van der Waals surface area (Å²) >= 11 is 0. The summed E-state index contributed by atoms with van der Waals surface area (Å²) in [5.74, 6) is 1.51. The molecule has 0 saturated heterocycles. The molecule has 4 nitrogen and oxygen atoms in total. The van der Waals surface area contributed by atoms with Gasteiger partial charge in [0.1, 0.15) is 24.1 Å². The summed E-state index contributed by atoms with van der Waals surface area (Å²) in [4.78, 5) is 22.0. The highest BCUT2D eigenvalue weighted by atomic mass is 16.5. The summed E-state index contributed by atoms with van der Waals surface area (Å²) in [5, 5.41) is 0. The van der Waals surface area contributed by atoms with Gasteiger partial charge in [0, 0.05) is 22.3 Å². The molecule has 0 fully saturated rings. The smallest absolute Gasteiger partial charge is 0.150 e. The van der Waals surface area contributed by atoms with Crippen LogP contribution in [0.2, 0.25) is 0 Å². The molecule has 0 aliphatic heterocycles. The molecule has 0 aliphatic carbocycles. The van der Waals surface area contributed by atoms with Crippen molar-refractivity contribution in [1.82, 2.24) is 0 Å². The maximum absolute atomic E-state index is 11.0. The Labute approximate surface area is 187 Å². The highest BCUT2D eigenvalue weighted by Gasteiger charge is 2.12. The van der Waals surface area contributed by atoms with E-state index in [1.165, 1.54) is 0 Å². The van der Waals surface area contributed by atoms with Gasteiger partial charge in [0.2, 0.25) is 0 Å². The Morgan fingerprint density at radius 2 is 0.844 bits per heavy atom. The molecule has 0 spiro atoms. The van der Waals surface area contributed by atoms with E-state index >= 15 is 0 Å². The standard InChI is InChI=1S/C28H22O4/c1-31-27-13-11-23(15-25(27)21-7-3-19(17-29)4-8-21)24-12-14-28(32-2)26(16-24)22-9-5-20(18-30)6-10-22/h3-18H,1-2H3. The fourth-order valence-corrected chi connectivity index (χ4v) is 3.71. The van der Waals surface area contributed by atoms with Crippen LogP contribution in [0.4, 0.5) is 0 Å². The normalized spacial score (nSPS) is 10.4. The largest absolute Gasteiger partial charge is 0.496 e. The first-order chi connectivity index (χ1) is 15.7. The van der Waals surface area contributed by atoms with Crippen molar-refractivity contribution in [2.45, 2.75) is 0 Å². The van der Waals surface area contributed by atoms with Gasteiger partial charge in [-0.2, -0.15) is 0 Å². The molecule has 32 heavy (non-hydrogen) atoms. The van der Waals surface area contributed by atoms with Crippen molar-refractivity contribution in [3.05, 3.63) is 96.1 Å². The van der Waals surface area contributed by atoms with Crippen LogP contribution < -0.4 is 9.47 Å². The average molecular weight is 422 g/mol. The lowest BCUT2D eigenvalue weighted by Crippen LogP contribution is -1.92. The molecule has 0 amide bonds. The number of hydrogen-bond acceptors (Lipinski definition) is 4. The van der Waals surface area contributed by atoms with E-state index in [-0.39, 0.29) is 0 Å². The average Bonchev–Trinajstić information content (AvgIpc) is 2.88. The van der Waals surface area contributed by atoms with E-state index in [0.29, 0.717) is 11.1 Å². The Hall–Kier alpha value is -4.18. The molecule has 0 heterocycles.